The van der Waals surface area contributed by atoms with Crippen LogP contribution >= 0.6 is 11.6 Å². The van der Waals surface area contributed by atoms with E-state index < -0.39 is 6.23 Å². The van der Waals surface area contributed by atoms with Crippen LogP contribution in [0.15, 0.2) is 16.9 Å². The number of anilines is 1. The van der Waals surface area contributed by atoms with Crippen LogP contribution in [0.25, 0.3) is 0 Å². The van der Waals surface area contributed by atoms with Crippen LogP contribution in [0, 0.1) is 0 Å². The smallest absolute Gasteiger partial charge is 0.260 e. The number of aliphatic hydroxyl groups is 1. The fourth-order valence-electron chi connectivity index (χ4n) is 1.34. The Morgan fingerprint density at radius 1 is 1.60 bits per heavy atom. The Hall–Kier alpha value is -1.40. The molecule has 6 nitrogen and oxygen atoms in total. The molecule has 0 aromatic carbocycles. The third-order valence-corrected chi connectivity index (χ3v) is 2.65. The monoisotopic (exact) mass is 228 g/mol. The quantitative estimate of drug-likeness (QED) is 0.734. The van der Waals surface area contributed by atoms with E-state index in [1.165, 1.54) is 11.0 Å². The highest BCUT2D eigenvalue weighted by atomic mass is 35.5. The molecule has 1 amide bonds. The van der Waals surface area contributed by atoms with Crippen molar-refractivity contribution in [3.05, 3.63) is 16.9 Å². The molecule has 1 aliphatic heterocycles. The number of aryl methyl sites for hydroxylation is 1. The Balaban J connectivity index is 2.38. The number of amides is 1. The van der Waals surface area contributed by atoms with Crippen LogP contribution in [0.3, 0.4) is 0 Å². The van der Waals surface area contributed by atoms with Gasteiger partial charge in [0.2, 0.25) is 0 Å². The average Bonchev–Trinajstić information content (AvgIpc) is 2.68. The number of aliphatic hydroxyl groups excluding tert-OH is 1. The Kier molecular flexibility index (Phi) is 2.24. The molecule has 0 fully saturated rings. The van der Waals surface area contributed by atoms with Crippen molar-refractivity contribution in [1.82, 2.24) is 14.8 Å². The average molecular weight is 229 g/mol. The summed E-state index contributed by atoms with van der Waals surface area (Å²) < 4.78 is 1.44. The zero-order valence-electron chi connectivity index (χ0n) is 8.18. The minimum atomic E-state index is -1.18. The predicted octanol–water partition coefficient (Wildman–Crippen LogP) is -0.00710. The zero-order chi connectivity index (χ0) is 11.2. The van der Waals surface area contributed by atoms with Gasteiger partial charge in [0.1, 0.15) is 6.33 Å². The standard InChI is InChI=1S/C8H9ClN4O2/c1-4-5(9)7(15)13(6(4)14)8-10-3-12(2)11-8/h3,7,15H,1-2H3. The fourth-order valence-corrected chi connectivity index (χ4v) is 1.52. The molecule has 0 bridgehead atoms. The van der Waals surface area contributed by atoms with Crippen molar-refractivity contribution in [2.45, 2.75) is 13.2 Å². The third-order valence-electron chi connectivity index (χ3n) is 2.17. The van der Waals surface area contributed by atoms with E-state index in [1.807, 2.05) is 0 Å². The maximum Gasteiger partial charge on any atom is 0.260 e. The van der Waals surface area contributed by atoms with Crippen molar-refractivity contribution in [3.8, 4) is 0 Å². The van der Waals surface area contributed by atoms with E-state index in [2.05, 4.69) is 10.1 Å². The minimum Gasteiger partial charge on any atom is -0.368 e. The van der Waals surface area contributed by atoms with Crippen molar-refractivity contribution in [3.63, 3.8) is 0 Å². The second-order valence-corrected chi connectivity index (χ2v) is 3.65. The van der Waals surface area contributed by atoms with E-state index in [1.54, 1.807) is 14.0 Å². The lowest BCUT2D eigenvalue weighted by molar-refractivity contribution is -0.115. The number of carbonyl (C=O) groups excluding carboxylic acids is 1. The first-order valence-corrected chi connectivity index (χ1v) is 4.63. The second kappa shape index (κ2) is 3.32. The summed E-state index contributed by atoms with van der Waals surface area (Å²) in [5, 5.41) is 13.7. The molecule has 0 radical (unpaired) electrons. The van der Waals surface area contributed by atoms with Crippen molar-refractivity contribution in [2.24, 2.45) is 7.05 Å². The molecule has 1 N–H and O–H groups in total. The molecule has 0 saturated heterocycles. The fraction of sp³-hybridized carbons (Fsp3) is 0.375. The van der Waals surface area contributed by atoms with Gasteiger partial charge in [-0.15, -0.1) is 5.10 Å². The number of nitrogens with zero attached hydrogens (tertiary/aromatic N) is 4. The number of hydrogen-bond donors (Lipinski definition) is 1. The largest absolute Gasteiger partial charge is 0.368 e. The Bertz CT molecular complexity index is 453. The highest BCUT2D eigenvalue weighted by Gasteiger charge is 2.38. The van der Waals surface area contributed by atoms with Gasteiger partial charge in [-0.05, 0) is 6.92 Å². The first-order chi connectivity index (χ1) is 7.02. The molecule has 0 spiro atoms. The number of aromatic nitrogens is 3. The van der Waals surface area contributed by atoms with Crippen molar-refractivity contribution in [1.29, 1.82) is 0 Å². The van der Waals surface area contributed by atoms with Crippen LogP contribution in [0.5, 0.6) is 0 Å². The summed E-state index contributed by atoms with van der Waals surface area (Å²) in [4.78, 5) is 16.6. The number of carbonyl (C=O) groups is 1. The summed E-state index contributed by atoms with van der Waals surface area (Å²) in [7, 11) is 1.67. The molecular formula is C8H9ClN4O2. The maximum absolute atomic E-state index is 11.7. The minimum absolute atomic E-state index is 0.118. The number of halogens is 1. The topological polar surface area (TPSA) is 71.2 Å². The van der Waals surface area contributed by atoms with Gasteiger partial charge in [-0.1, -0.05) is 11.6 Å². The molecule has 0 saturated carbocycles. The highest BCUT2D eigenvalue weighted by Crippen LogP contribution is 2.29. The third kappa shape index (κ3) is 1.42. The predicted molar refractivity (Wildman–Crippen MR) is 53.0 cm³/mol. The van der Waals surface area contributed by atoms with Gasteiger partial charge in [0.15, 0.2) is 6.23 Å². The van der Waals surface area contributed by atoms with Crippen molar-refractivity contribution < 1.29 is 9.90 Å². The first-order valence-electron chi connectivity index (χ1n) is 4.26. The molecule has 0 aliphatic carbocycles. The Morgan fingerprint density at radius 2 is 2.27 bits per heavy atom. The lowest BCUT2D eigenvalue weighted by atomic mass is 10.3. The van der Waals surface area contributed by atoms with Gasteiger partial charge < -0.3 is 5.11 Å². The molecule has 80 valence electrons. The molecule has 1 aromatic heterocycles. The molecule has 1 atom stereocenters. The first kappa shape index (κ1) is 10.1. The SMILES string of the molecule is CC1=C(Cl)C(O)N(c2ncn(C)n2)C1=O. The molecule has 1 unspecified atom stereocenters. The summed E-state index contributed by atoms with van der Waals surface area (Å²) in [5.41, 5.74) is 0.316. The summed E-state index contributed by atoms with van der Waals surface area (Å²) >= 11 is 5.76. The molecule has 15 heavy (non-hydrogen) atoms. The lowest BCUT2D eigenvalue weighted by Gasteiger charge is -2.16. The summed E-state index contributed by atoms with van der Waals surface area (Å²) in [5.74, 6) is -0.233. The van der Waals surface area contributed by atoms with Crippen LogP contribution in [0.4, 0.5) is 5.95 Å². The van der Waals surface area contributed by atoms with Crippen LogP contribution in [0.2, 0.25) is 0 Å². The van der Waals surface area contributed by atoms with Gasteiger partial charge in [0.25, 0.3) is 11.9 Å². The van der Waals surface area contributed by atoms with Gasteiger partial charge in [-0.2, -0.15) is 4.98 Å². The van der Waals surface area contributed by atoms with E-state index in [9.17, 15) is 9.90 Å². The maximum atomic E-state index is 11.7. The summed E-state index contributed by atoms with van der Waals surface area (Å²) in [6.07, 6.45) is 0.262. The Labute approximate surface area is 90.8 Å². The van der Waals surface area contributed by atoms with Crippen molar-refractivity contribution in [2.75, 3.05) is 4.90 Å². The molecule has 2 heterocycles. The van der Waals surface area contributed by atoms with Crippen LogP contribution < -0.4 is 4.90 Å². The highest BCUT2D eigenvalue weighted by molar-refractivity contribution is 6.35. The van der Waals surface area contributed by atoms with Crippen molar-refractivity contribution >= 4 is 23.5 Å². The van der Waals surface area contributed by atoms with E-state index in [-0.39, 0.29) is 16.9 Å². The van der Waals surface area contributed by atoms with Crippen LogP contribution in [-0.4, -0.2) is 32.0 Å². The number of rotatable bonds is 1. The van der Waals surface area contributed by atoms with E-state index in [0.717, 1.165) is 4.90 Å². The second-order valence-electron chi connectivity index (χ2n) is 3.24. The van der Waals surface area contributed by atoms with Gasteiger partial charge in [-0.25, -0.2) is 4.90 Å². The molecule has 1 aromatic rings. The lowest BCUT2D eigenvalue weighted by Crippen LogP contribution is -2.35. The molecule has 7 heteroatoms. The summed E-state index contributed by atoms with van der Waals surface area (Å²) in [6.45, 7) is 1.55. The van der Waals surface area contributed by atoms with E-state index in [4.69, 9.17) is 11.6 Å². The van der Waals surface area contributed by atoms with Gasteiger partial charge >= 0.3 is 0 Å². The van der Waals surface area contributed by atoms with Crippen LogP contribution in [-0.2, 0) is 11.8 Å². The van der Waals surface area contributed by atoms with Gasteiger partial charge in [0, 0.05) is 12.6 Å². The normalized spacial score (nSPS) is 21.7. The van der Waals surface area contributed by atoms with Gasteiger partial charge in [0.05, 0.1) is 5.03 Å². The van der Waals surface area contributed by atoms with Crippen LogP contribution in [0.1, 0.15) is 6.92 Å². The number of hydrogen-bond acceptors (Lipinski definition) is 4. The molecule has 1 aliphatic rings. The summed E-state index contributed by atoms with van der Waals surface area (Å²) in [6, 6.07) is 0. The van der Waals surface area contributed by atoms with Gasteiger partial charge in [-0.3, -0.25) is 9.48 Å². The van der Waals surface area contributed by atoms with E-state index >= 15 is 0 Å². The molecule has 2 rings (SSSR count). The Morgan fingerprint density at radius 3 is 2.67 bits per heavy atom. The molecular weight excluding hydrogens is 220 g/mol. The zero-order valence-corrected chi connectivity index (χ0v) is 8.93. The van der Waals surface area contributed by atoms with E-state index in [0.29, 0.717) is 5.57 Å².